The average molecular weight is 358 g/mol. The quantitative estimate of drug-likeness (QED) is 0.887. The first kappa shape index (κ1) is 15.3. The SMILES string of the molecule is Cc1cc(Br)c(NCc2cn(C(C)(C)C)nn2)cc1Cl. The predicted molar refractivity (Wildman–Crippen MR) is 86.2 cm³/mol. The van der Waals surface area contributed by atoms with E-state index in [1.165, 1.54) is 0 Å². The largest absolute Gasteiger partial charge is 0.378 e. The summed E-state index contributed by atoms with van der Waals surface area (Å²) < 4.78 is 2.85. The van der Waals surface area contributed by atoms with Gasteiger partial charge >= 0.3 is 0 Å². The van der Waals surface area contributed by atoms with Gasteiger partial charge in [0, 0.05) is 9.50 Å². The molecule has 20 heavy (non-hydrogen) atoms. The van der Waals surface area contributed by atoms with Crippen LogP contribution in [0, 0.1) is 6.92 Å². The molecule has 0 aliphatic carbocycles. The summed E-state index contributed by atoms with van der Waals surface area (Å²) in [6, 6.07) is 3.91. The highest BCUT2D eigenvalue weighted by Crippen LogP contribution is 2.29. The number of benzene rings is 1. The van der Waals surface area contributed by atoms with Crippen molar-refractivity contribution >= 4 is 33.2 Å². The van der Waals surface area contributed by atoms with Crippen LogP contribution in [0.15, 0.2) is 22.8 Å². The summed E-state index contributed by atoms with van der Waals surface area (Å²) >= 11 is 9.67. The van der Waals surface area contributed by atoms with Gasteiger partial charge in [-0.25, -0.2) is 4.68 Å². The second-order valence-corrected chi connectivity index (χ2v) is 7.02. The van der Waals surface area contributed by atoms with Gasteiger partial charge in [0.15, 0.2) is 0 Å². The molecule has 0 aliphatic heterocycles. The third kappa shape index (κ3) is 3.52. The molecule has 0 unspecified atom stereocenters. The van der Waals surface area contributed by atoms with E-state index in [1.807, 2.05) is 29.9 Å². The fraction of sp³-hybridized carbons (Fsp3) is 0.429. The molecule has 0 bridgehead atoms. The average Bonchev–Trinajstić information content (AvgIpc) is 2.80. The number of rotatable bonds is 3. The monoisotopic (exact) mass is 356 g/mol. The molecule has 0 atom stereocenters. The third-order valence-corrected chi connectivity index (χ3v) is 4.00. The van der Waals surface area contributed by atoms with Gasteiger partial charge in [-0.05, 0) is 61.3 Å². The number of anilines is 1. The van der Waals surface area contributed by atoms with Gasteiger partial charge in [-0.15, -0.1) is 5.10 Å². The van der Waals surface area contributed by atoms with Gasteiger partial charge in [0.2, 0.25) is 0 Å². The molecule has 0 saturated heterocycles. The van der Waals surface area contributed by atoms with E-state index in [0.29, 0.717) is 6.54 Å². The van der Waals surface area contributed by atoms with Crippen LogP contribution in [0.1, 0.15) is 32.0 Å². The van der Waals surface area contributed by atoms with Crippen LogP contribution in [0.5, 0.6) is 0 Å². The molecule has 1 aromatic carbocycles. The van der Waals surface area contributed by atoms with E-state index >= 15 is 0 Å². The highest BCUT2D eigenvalue weighted by Gasteiger charge is 2.15. The standard InChI is InChI=1S/C14H18BrClN4/c1-9-5-11(15)13(6-12(9)16)17-7-10-8-20(19-18-10)14(2,3)4/h5-6,8,17H,7H2,1-4H3. The lowest BCUT2D eigenvalue weighted by molar-refractivity contribution is 0.347. The number of aromatic nitrogens is 3. The molecule has 0 radical (unpaired) electrons. The molecule has 1 heterocycles. The van der Waals surface area contributed by atoms with E-state index in [2.05, 4.69) is 52.3 Å². The summed E-state index contributed by atoms with van der Waals surface area (Å²) in [5.74, 6) is 0. The summed E-state index contributed by atoms with van der Waals surface area (Å²) in [5, 5.41) is 12.4. The van der Waals surface area contributed by atoms with E-state index < -0.39 is 0 Å². The Balaban J connectivity index is 2.09. The Kier molecular flexibility index (Phi) is 4.39. The molecule has 0 aliphatic rings. The van der Waals surface area contributed by atoms with Crippen molar-refractivity contribution in [1.29, 1.82) is 0 Å². The Morgan fingerprint density at radius 3 is 2.65 bits per heavy atom. The van der Waals surface area contributed by atoms with Gasteiger partial charge in [0.25, 0.3) is 0 Å². The van der Waals surface area contributed by atoms with Crippen molar-refractivity contribution < 1.29 is 0 Å². The maximum atomic E-state index is 6.14. The van der Waals surface area contributed by atoms with Crippen LogP contribution in [0.4, 0.5) is 5.69 Å². The molecule has 0 spiro atoms. The first-order chi connectivity index (χ1) is 9.27. The van der Waals surface area contributed by atoms with Gasteiger partial charge in [-0.1, -0.05) is 16.8 Å². The maximum absolute atomic E-state index is 6.14. The minimum atomic E-state index is -0.0565. The smallest absolute Gasteiger partial charge is 0.102 e. The second-order valence-electron chi connectivity index (χ2n) is 5.76. The van der Waals surface area contributed by atoms with Crippen molar-refractivity contribution in [2.24, 2.45) is 0 Å². The minimum absolute atomic E-state index is 0.0565. The summed E-state index contributed by atoms with van der Waals surface area (Å²) in [5.41, 5.74) is 2.83. The van der Waals surface area contributed by atoms with E-state index in [4.69, 9.17) is 11.6 Å². The van der Waals surface area contributed by atoms with Crippen molar-refractivity contribution in [3.8, 4) is 0 Å². The Bertz CT molecular complexity index is 616. The van der Waals surface area contributed by atoms with E-state index in [0.717, 1.165) is 26.4 Å². The van der Waals surface area contributed by atoms with Crippen LogP contribution >= 0.6 is 27.5 Å². The molecule has 0 fully saturated rings. The fourth-order valence-corrected chi connectivity index (χ4v) is 2.44. The van der Waals surface area contributed by atoms with Crippen LogP contribution in [-0.2, 0) is 12.1 Å². The van der Waals surface area contributed by atoms with Crippen LogP contribution in [0.3, 0.4) is 0 Å². The normalized spacial score (nSPS) is 11.7. The number of aryl methyl sites for hydroxylation is 1. The van der Waals surface area contributed by atoms with Crippen molar-refractivity contribution in [1.82, 2.24) is 15.0 Å². The highest BCUT2D eigenvalue weighted by atomic mass is 79.9. The zero-order valence-electron chi connectivity index (χ0n) is 12.0. The lowest BCUT2D eigenvalue weighted by Gasteiger charge is -2.17. The zero-order valence-corrected chi connectivity index (χ0v) is 14.4. The topological polar surface area (TPSA) is 42.7 Å². The van der Waals surface area contributed by atoms with E-state index in [9.17, 15) is 0 Å². The first-order valence-corrected chi connectivity index (χ1v) is 7.55. The van der Waals surface area contributed by atoms with Crippen LogP contribution in [-0.4, -0.2) is 15.0 Å². The summed E-state index contributed by atoms with van der Waals surface area (Å²) in [7, 11) is 0. The molecule has 1 aromatic heterocycles. The van der Waals surface area contributed by atoms with Gasteiger partial charge in [0.1, 0.15) is 5.69 Å². The van der Waals surface area contributed by atoms with Gasteiger partial charge < -0.3 is 5.32 Å². The van der Waals surface area contributed by atoms with Gasteiger partial charge in [-0.2, -0.15) is 0 Å². The predicted octanol–water partition coefficient (Wildman–Crippen LogP) is 4.37. The second kappa shape index (κ2) is 5.74. The number of halogens is 2. The summed E-state index contributed by atoms with van der Waals surface area (Å²) in [4.78, 5) is 0. The van der Waals surface area contributed by atoms with Gasteiger partial charge in [0.05, 0.1) is 24.0 Å². The first-order valence-electron chi connectivity index (χ1n) is 6.38. The van der Waals surface area contributed by atoms with Crippen molar-refractivity contribution in [2.75, 3.05) is 5.32 Å². The van der Waals surface area contributed by atoms with Gasteiger partial charge in [-0.3, -0.25) is 0 Å². The Morgan fingerprint density at radius 1 is 1.35 bits per heavy atom. The van der Waals surface area contributed by atoms with Crippen LogP contribution in [0.25, 0.3) is 0 Å². The van der Waals surface area contributed by atoms with Crippen molar-refractivity contribution in [3.05, 3.63) is 39.1 Å². The molecule has 1 N–H and O–H groups in total. The number of hydrogen-bond acceptors (Lipinski definition) is 3. The third-order valence-electron chi connectivity index (χ3n) is 2.94. The molecule has 4 nitrogen and oxygen atoms in total. The van der Waals surface area contributed by atoms with Crippen LogP contribution < -0.4 is 5.32 Å². The maximum Gasteiger partial charge on any atom is 0.102 e. The summed E-state index contributed by atoms with van der Waals surface area (Å²) in [6.45, 7) is 8.86. The summed E-state index contributed by atoms with van der Waals surface area (Å²) in [6.07, 6.45) is 1.96. The lowest BCUT2D eigenvalue weighted by Crippen LogP contribution is -2.22. The zero-order chi connectivity index (χ0) is 14.9. The highest BCUT2D eigenvalue weighted by molar-refractivity contribution is 9.10. The van der Waals surface area contributed by atoms with E-state index in [1.54, 1.807) is 0 Å². The van der Waals surface area contributed by atoms with Crippen molar-refractivity contribution in [2.45, 2.75) is 39.8 Å². The van der Waals surface area contributed by atoms with Crippen molar-refractivity contribution in [3.63, 3.8) is 0 Å². The Labute approximate surface area is 132 Å². The fourth-order valence-electron chi connectivity index (χ4n) is 1.67. The van der Waals surface area contributed by atoms with Crippen LogP contribution in [0.2, 0.25) is 5.02 Å². The molecule has 0 amide bonds. The molecule has 2 aromatic rings. The number of hydrogen-bond donors (Lipinski definition) is 1. The lowest BCUT2D eigenvalue weighted by atomic mass is 10.1. The molecular formula is C14H18BrClN4. The number of nitrogens with zero attached hydrogens (tertiary/aromatic N) is 3. The minimum Gasteiger partial charge on any atom is -0.378 e. The molecule has 2 rings (SSSR count). The number of nitrogens with one attached hydrogen (secondary N) is 1. The van der Waals surface area contributed by atoms with E-state index in [-0.39, 0.29) is 5.54 Å². The molecular weight excluding hydrogens is 340 g/mol. The molecule has 0 saturated carbocycles. The molecule has 108 valence electrons. The Morgan fingerprint density at radius 2 is 2.05 bits per heavy atom. The Hall–Kier alpha value is -1.07. The molecule has 6 heteroatoms.